The normalized spacial score (nSPS) is 10.9. The third-order valence-electron chi connectivity index (χ3n) is 6.00. The molecule has 1 aromatic heterocycles. The maximum absolute atomic E-state index is 13.3. The lowest BCUT2D eigenvalue weighted by Crippen LogP contribution is -2.42. The number of hydrogen-bond acceptors (Lipinski definition) is 3. The molecular weight excluding hydrogens is 533 g/mol. The first-order valence-corrected chi connectivity index (χ1v) is 13.4. The summed E-state index contributed by atoms with van der Waals surface area (Å²) < 4.78 is 1.73. The molecule has 4 aromatic rings. The highest BCUT2D eigenvalue weighted by Crippen LogP contribution is 2.27. The van der Waals surface area contributed by atoms with Crippen LogP contribution < -0.4 is 10.6 Å². The fourth-order valence-corrected chi connectivity index (χ4v) is 4.54. The minimum atomic E-state index is -0.412. The number of rotatable bonds is 8. The molecule has 0 aliphatic carbocycles. The van der Waals surface area contributed by atoms with E-state index >= 15 is 0 Å². The van der Waals surface area contributed by atoms with Gasteiger partial charge in [0.05, 0.1) is 21.4 Å². The molecular formula is C30H31Cl2N5O2. The molecule has 0 aliphatic rings. The van der Waals surface area contributed by atoms with Crippen LogP contribution in [0.5, 0.6) is 0 Å². The highest BCUT2D eigenvalue weighted by atomic mass is 35.5. The first kappa shape index (κ1) is 28.2. The average molecular weight is 565 g/mol. The number of anilines is 2. The highest BCUT2D eigenvalue weighted by Gasteiger charge is 2.21. The average Bonchev–Trinajstić information content (AvgIpc) is 3.29. The molecule has 0 fully saturated rings. The zero-order chi connectivity index (χ0) is 28.1. The predicted octanol–water partition coefficient (Wildman–Crippen LogP) is 7.59. The SMILES string of the molecule is Cc1ccc(-n2nc(-c3ccccc3)cc2NC(=O)CN(CC(C)C)C(=O)Nc2ccc(Cl)c(Cl)c2)c(C)c1. The molecule has 2 N–H and O–H groups in total. The van der Waals surface area contributed by atoms with Crippen molar-refractivity contribution in [2.45, 2.75) is 27.7 Å². The van der Waals surface area contributed by atoms with E-state index in [1.165, 1.54) is 4.90 Å². The van der Waals surface area contributed by atoms with Gasteiger partial charge in [0.15, 0.2) is 0 Å². The van der Waals surface area contributed by atoms with Crippen molar-refractivity contribution in [2.75, 3.05) is 23.7 Å². The first-order chi connectivity index (χ1) is 18.6. The van der Waals surface area contributed by atoms with Crippen molar-refractivity contribution in [3.8, 4) is 16.9 Å². The van der Waals surface area contributed by atoms with Crippen LogP contribution >= 0.6 is 23.2 Å². The molecule has 202 valence electrons. The van der Waals surface area contributed by atoms with Gasteiger partial charge in [0.1, 0.15) is 12.4 Å². The van der Waals surface area contributed by atoms with Gasteiger partial charge >= 0.3 is 6.03 Å². The molecule has 0 atom stereocenters. The molecule has 3 aromatic carbocycles. The van der Waals surface area contributed by atoms with Crippen LogP contribution in [0.25, 0.3) is 16.9 Å². The van der Waals surface area contributed by atoms with Crippen molar-refractivity contribution in [1.82, 2.24) is 14.7 Å². The predicted molar refractivity (Wildman–Crippen MR) is 159 cm³/mol. The lowest BCUT2D eigenvalue weighted by Gasteiger charge is -2.24. The van der Waals surface area contributed by atoms with Crippen molar-refractivity contribution < 1.29 is 9.59 Å². The minimum Gasteiger partial charge on any atom is -0.315 e. The van der Waals surface area contributed by atoms with E-state index in [2.05, 4.69) is 16.7 Å². The standard InChI is InChI=1S/C30H31Cl2N5O2/c1-19(2)17-36(30(39)33-23-11-12-24(31)25(32)15-23)18-29(38)34-28-16-26(22-8-6-5-7-9-22)35-37(28)27-13-10-20(3)14-21(27)4/h5-16,19H,17-18H2,1-4H3,(H,33,39)(H,34,38). The van der Waals surface area contributed by atoms with Gasteiger partial charge in [0, 0.05) is 23.9 Å². The fourth-order valence-electron chi connectivity index (χ4n) is 4.24. The van der Waals surface area contributed by atoms with Gasteiger partial charge in [-0.25, -0.2) is 9.48 Å². The van der Waals surface area contributed by atoms with Crippen molar-refractivity contribution in [3.05, 3.63) is 94.0 Å². The van der Waals surface area contributed by atoms with Crippen molar-refractivity contribution >= 4 is 46.6 Å². The molecule has 0 aliphatic heterocycles. The van der Waals surface area contributed by atoms with E-state index < -0.39 is 6.03 Å². The Labute approximate surface area is 238 Å². The third-order valence-corrected chi connectivity index (χ3v) is 6.74. The Kier molecular flexibility index (Phi) is 8.94. The summed E-state index contributed by atoms with van der Waals surface area (Å²) in [6, 6.07) is 22.1. The number of aromatic nitrogens is 2. The van der Waals surface area contributed by atoms with E-state index in [9.17, 15) is 9.59 Å². The molecule has 1 heterocycles. The summed E-state index contributed by atoms with van der Waals surface area (Å²) in [5.74, 6) is 0.313. The maximum atomic E-state index is 13.3. The number of hydrogen-bond donors (Lipinski definition) is 2. The maximum Gasteiger partial charge on any atom is 0.322 e. The monoisotopic (exact) mass is 563 g/mol. The van der Waals surface area contributed by atoms with Gasteiger partial charge < -0.3 is 15.5 Å². The van der Waals surface area contributed by atoms with E-state index in [1.807, 2.05) is 76.2 Å². The molecule has 0 bridgehead atoms. The highest BCUT2D eigenvalue weighted by molar-refractivity contribution is 6.42. The van der Waals surface area contributed by atoms with Crippen LogP contribution in [-0.2, 0) is 4.79 Å². The van der Waals surface area contributed by atoms with Crippen LogP contribution in [0.15, 0.2) is 72.8 Å². The molecule has 39 heavy (non-hydrogen) atoms. The smallest absolute Gasteiger partial charge is 0.315 e. The summed E-state index contributed by atoms with van der Waals surface area (Å²) in [6.07, 6.45) is 0. The van der Waals surface area contributed by atoms with Gasteiger partial charge in [0.2, 0.25) is 5.91 Å². The van der Waals surface area contributed by atoms with Crippen LogP contribution in [0.2, 0.25) is 10.0 Å². The fraction of sp³-hybridized carbons (Fsp3) is 0.233. The molecule has 0 saturated carbocycles. The number of nitrogens with zero attached hydrogens (tertiary/aromatic N) is 3. The quantitative estimate of drug-likeness (QED) is 0.231. The summed E-state index contributed by atoms with van der Waals surface area (Å²) in [6.45, 7) is 8.24. The molecule has 9 heteroatoms. The summed E-state index contributed by atoms with van der Waals surface area (Å²) in [5, 5.41) is 11.3. The Morgan fingerprint density at radius 2 is 1.67 bits per heavy atom. The molecule has 3 amide bonds. The molecule has 7 nitrogen and oxygen atoms in total. The number of urea groups is 1. The van der Waals surface area contributed by atoms with Gasteiger partial charge in [-0.1, -0.05) is 85.1 Å². The Hall–Kier alpha value is -3.81. The first-order valence-electron chi connectivity index (χ1n) is 12.6. The topological polar surface area (TPSA) is 79.3 Å². The van der Waals surface area contributed by atoms with E-state index in [0.717, 1.165) is 28.1 Å². The Bertz CT molecular complexity index is 1480. The zero-order valence-corrected chi connectivity index (χ0v) is 23.8. The Morgan fingerprint density at radius 1 is 0.923 bits per heavy atom. The van der Waals surface area contributed by atoms with Crippen LogP contribution in [0.4, 0.5) is 16.3 Å². The summed E-state index contributed by atoms with van der Waals surface area (Å²) in [4.78, 5) is 27.9. The van der Waals surface area contributed by atoms with E-state index in [-0.39, 0.29) is 18.4 Å². The Morgan fingerprint density at radius 3 is 2.33 bits per heavy atom. The second kappa shape index (κ2) is 12.4. The lowest BCUT2D eigenvalue weighted by molar-refractivity contribution is -0.116. The lowest BCUT2D eigenvalue weighted by atomic mass is 10.1. The van der Waals surface area contributed by atoms with Crippen molar-refractivity contribution in [3.63, 3.8) is 0 Å². The Balaban J connectivity index is 1.59. The summed E-state index contributed by atoms with van der Waals surface area (Å²) in [7, 11) is 0. The van der Waals surface area contributed by atoms with Gasteiger partial charge in [-0.2, -0.15) is 5.10 Å². The van der Waals surface area contributed by atoms with Crippen LogP contribution in [0.1, 0.15) is 25.0 Å². The van der Waals surface area contributed by atoms with Crippen LogP contribution in [-0.4, -0.2) is 39.7 Å². The number of halogens is 2. The molecule has 4 rings (SSSR count). The zero-order valence-electron chi connectivity index (χ0n) is 22.3. The largest absolute Gasteiger partial charge is 0.322 e. The van der Waals surface area contributed by atoms with Crippen molar-refractivity contribution in [2.24, 2.45) is 5.92 Å². The number of aryl methyl sites for hydroxylation is 2. The van der Waals surface area contributed by atoms with Gasteiger partial charge in [-0.15, -0.1) is 0 Å². The summed E-state index contributed by atoms with van der Waals surface area (Å²) in [5.41, 5.74) is 5.16. The number of nitrogens with one attached hydrogen (secondary N) is 2. The van der Waals surface area contributed by atoms with E-state index in [0.29, 0.717) is 28.1 Å². The molecule has 0 saturated heterocycles. The second-order valence-corrected chi connectivity index (χ2v) is 10.7. The van der Waals surface area contributed by atoms with Gasteiger partial charge in [-0.05, 0) is 49.6 Å². The third kappa shape index (κ3) is 7.19. The second-order valence-electron chi connectivity index (χ2n) is 9.86. The minimum absolute atomic E-state index is 0.141. The molecule has 0 spiro atoms. The number of carbonyl (C=O) groups is 2. The number of amides is 3. The van der Waals surface area contributed by atoms with Crippen LogP contribution in [0, 0.1) is 19.8 Å². The van der Waals surface area contributed by atoms with Crippen molar-refractivity contribution in [1.29, 1.82) is 0 Å². The number of benzene rings is 3. The van der Waals surface area contributed by atoms with E-state index in [1.54, 1.807) is 22.9 Å². The summed E-state index contributed by atoms with van der Waals surface area (Å²) >= 11 is 12.1. The molecule has 0 unspecified atom stereocenters. The van der Waals surface area contributed by atoms with Gasteiger partial charge in [-0.3, -0.25) is 4.79 Å². The van der Waals surface area contributed by atoms with Crippen LogP contribution in [0.3, 0.4) is 0 Å². The molecule has 0 radical (unpaired) electrons. The number of carbonyl (C=O) groups excluding carboxylic acids is 2. The van der Waals surface area contributed by atoms with Gasteiger partial charge in [0.25, 0.3) is 0 Å². The van der Waals surface area contributed by atoms with E-state index in [4.69, 9.17) is 28.3 Å².